The quantitative estimate of drug-likeness (QED) is 0.183. The summed E-state index contributed by atoms with van der Waals surface area (Å²) in [5.74, 6) is 2.35. The van der Waals surface area contributed by atoms with E-state index in [1.807, 2.05) is 82.3 Å². The molecule has 37 heavy (non-hydrogen) atoms. The Morgan fingerprint density at radius 1 is 1.00 bits per heavy atom. The van der Waals surface area contributed by atoms with Crippen LogP contribution in [0.3, 0.4) is 0 Å². The fourth-order valence-electron chi connectivity index (χ4n) is 3.73. The molecule has 2 unspecified atom stereocenters. The number of nitrogens with one attached hydrogen (secondary N) is 1. The van der Waals surface area contributed by atoms with Crippen molar-refractivity contribution in [3.05, 3.63) is 80.9 Å². The van der Waals surface area contributed by atoms with E-state index in [-0.39, 0.29) is 6.04 Å². The lowest BCUT2D eigenvalue weighted by molar-refractivity contribution is 0.414. The second-order valence-corrected chi connectivity index (χ2v) is 12.9. The summed E-state index contributed by atoms with van der Waals surface area (Å²) in [6.45, 7) is 9.10. The summed E-state index contributed by atoms with van der Waals surface area (Å²) in [7, 11) is 3.32. The molecule has 1 heterocycles. The molecule has 0 aliphatic carbocycles. The van der Waals surface area contributed by atoms with E-state index in [2.05, 4.69) is 25.6 Å². The first-order chi connectivity index (χ1) is 17.5. The highest BCUT2D eigenvalue weighted by atomic mass is 79.9. The zero-order chi connectivity index (χ0) is 27.2. The predicted octanol–water partition coefficient (Wildman–Crippen LogP) is 7.22. The lowest BCUT2D eigenvalue weighted by atomic mass is 10.1. The van der Waals surface area contributed by atoms with E-state index < -0.39 is 16.1 Å². The number of aromatic nitrogens is 1. The maximum Gasteiger partial charge on any atom is 0.137 e. The molecule has 0 saturated carbocycles. The molecule has 0 aliphatic rings. The molecule has 0 bridgehead atoms. The van der Waals surface area contributed by atoms with Gasteiger partial charge in [0.2, 0.25) is 0 Å². The fourth-order valence-corrected chi connectivity index (χ4v) is 5.73. The van der Waals surface area contributed by atoms with Gasteiger partial charge in [0.1, 0.15) is 27.2 Å². The van der Waals surface area contributed by atoms with Crippen LogP contribution in [0.1, 0.15) is 56.8 Å². The van der Waals surface area contributed by atoms with Gasteiger partial charge in [0.25, 0.3) is 0 Å². The van der Waals surface area contributed by atoms with E-state index in [1.54, 1.807) is 14.2 Å². The summed E-state index contributed by atoms with van der Waals surface area (Å²) in [6, 6.07) is 17.8. The maximum atomic E-state index is 12.8. The highest BCUT2D eigenvalue weighted by molar-refractivity contribution is 9.10. The van der Waals surface area contributed by atoms with Crippen LogP contribution in [0.4, 0.5) is 5.82 Å². The summed E-state index contributed by atoms with van der Waals surface area (Å²) in [5, 5.41) is 0.379. The minimum absolute atomic E-state index is 0.208. The van der Waals surface area contributed by atoms with Crippen molar-refractivity contribution in [1.29, 1.82) is 0 Å². The van der Waals surface area contributed by atoms with Gasteiger partial charge >= 0.3 is 0 Å². The topological polar surface area (TPSA) is 69.7 Å². The largest absolute Gasteiger partial charge is 0.598 e. The molecule has 6 nitrogen and oxygen atoms in total. The van der Waals surface area contributed by atoms with Crippen molar-refractivity contribution in [3.63, 3.8) is 0 Å². The van der Waals surface area contributed by atoms with Crippen LogP contribution in [0.15, 0.2) is 59.1 Å². The Kier molecular flexibility index (Phi) is 10.6. The van der Waals surface area contributed by atoms with Crippen LogP contribution in [0.5, 0.6) is 11.5 Å². The third kappa shape index (κ3) is 8.01. The van der Waals surface area contributed by atoms with Gasteiger partial charge in [-0.15, -0.1) is 4.72 Å². The fraction of sp³-hybridized carbons (Fsp3) is 0.393. The summed E-state index contributed by atoms with van der Waals surface area (Å²) in [5.41, 5.74) is 3.03. The number of hydrogen-bond acceptors (Lipinski definition) is 6. The zero-order valence-electron chi connectivity index (χ0n) is 22.2. The number of pyridine rings is 1. The smallest absolute Gasteiger partial charge is 0.137 e. The van der Waals surface area contributed by atoms with Gasteiger partial charge in [-0.05, 0) is 68.7 Å². The first-order valence-electron chi connectivity index (χ1n) is 12.1. The van der Waals surface area contributed by atoms with Crippen LogP contribution in [0.25, 0.3) is 0 Å². The Bertz CT molecular complexity index is 1080. The summed E-state index contributed by atoms with van der Waals surface area (Å²) >= 11 is 9.28. The second-order valence-electron chi connectivity index (χ2n) is 9.68. The molecular formula is C28H35BrClN3O3S. The van der Waals surface area contributed by atoms with E-state index in [1.165, 1.54) is 0 Å². The Hall–Kier alpha value is -1.97. The van der Waals surface area contributed by atoms with Gasteiger partial charge in [-0.25, -0.2) is 4.98 Å². The summed E-state index contributed by atoms with van der Waals surface area (Å²) in [4.78, 5) is 6.98. The minimum atomic E-state index is -1.25. The average Bonchev–Trinajstić information content (AvgIpc) is 2.87. The van der Waals surface area contributed by atoms with Gasteiger partial charge in [0, 0.05) is 34.5 Å². The van der Waals surface area contributed by atoms with Crippen LogP contribution in [-0.4, -0.2) is 28.5 Å². The van der Waals surface area contributed by atoms with Crippen molar-refractivity contribution in [3.8, 4) is 11.5 Å². The molecule has 0 aliphatic heterocycles. The number of anilines is 1. The number of nitrogens with zero attached hydrogens (tertiary/aromatic N) is 2. The molecule has 0 fully saturated rings. The molecule has 3 rings (SSSR count). The monoisotopic (exact) mass is 607 g/mol. The maximum absolute atomic E-state index is 12.8. The number of halogens is 2. The second kappa shape index (κ2) is 13.2. The van der Waals surface area contributed by atoms with Crippen LogP contribution in [0.2, 0.25) is 5.15 Å². The molecule has 0 saturated heterocycles. The first kappa shape index (κ1) is 29.6. The van der Waals surface area contributed by atoms with Gasteiger partial charge in [-0.2, -0.15) is 0 Å². The highest BCUT2D eigenvalue weighted by Crippen LogP contribution is 2.36. The summed E-state index contributed by atoms with van der Waals surface area (Å²) in [6.07, 6.45) is 0.711. The van der Waals surface area contributed by atoms with Gasteiger partial charge in [0.15, 0.2) is 0 Å². The Morgan fingerprint density at radius 3 is 1.86 bits per heavy atom. The van der Waals surface area contributed by atoms with Crippen molar-refractivity contribution >= 4 is 44.7 Å². The van der Waals surface area contributed by atoms with Gasteiger partial charge in [-0.3, -0.25) is 0 Å². The molecule has 9 heteroatoms. The normalized spacial score (nSPS) is 13.2. The van der Waals surface area contributed by atoms with Crippen molar-refractivity contribution in [2.75, 3.05) is 19.1 Å². The highest BCUT2D eigenvalue weighted by Gasteiger charge is 2.31. The third-order valence-electron chi connectivity index (χ3n) is 5.90. The molecule has 2 aromatic carbocycles. The number of hydrogen-bond donors (Lipinski definition) is 1. The molecule has 1 aromatic heterocycles. The van der Waals surface area contributed by atoms with E-state index in [9.17, 15) is 4.55 Å². The van der Waals surface area contributed by atoms with E-state index >= 15 is 0 Å². The predicted molar refractivity (Wildman–Crippen MR) is 157 cm³/mol. The van der Waals surface area contributed by atoms with Crippen LogP contribution in [0, 0.1) is 0 Å². The third-order valence-corrected chi connectivity index (χ3v) is 8.45. The molecule has 0 amide bonds. The molecule has 3 aromatic rings. The van der Waals surface area contributed by atoms with Gasteiger partial charge in [0.05, 0.1) is 20.3 Å². The Labute approximate surface area is 237 Å². The molecule has 2 atom stereocenters. The van der Waals surface area contributed by atoms with Gasteiger partial charge < -0.3 is 18.9 Å². The van der Waals surface area contributed by atoms with Crippen molar-refractivity contribution in [2.24, 2.45) is 0 Å². The molecule has 1 N–H and O–H groups in total. The number of benzene rings is 2. The Balaban J connectivity index is 1.95. The van der Waals surface area contributed by atoms with Crippen molar-refractivity contribution in [1.82, 2.24) is 9.71 Å². The van der Waals surface area contributed by atoms with E-state index in [0.717, 1.165) is 38.5 Å². The van der Waals surface area contributed by atoms with Crippen LogP contribution in [-0.2, 0) is 24.5 Å². The van der Waals surface area contributed by atoms with E-state index in [0.29, 0.717) is 24.7 Å². The van der Waals surface area contributed by atoms with Crippen molar-refractivity contribution in [2.45, 2.75) is 58.0 Å². The van der Waals surface area contributed by atoms with E-state index in [4.69, 9.17) is 26.1 Å². The molecule has 0 radical (unpaired) electrons. The number of ether oxygens (including phenoxy) is 2. The standard InChI is InChI=1S/C28H35BrClN3O3S/c1-7-24(32-37(34)28(2,3)4)26-23(29)16-25(31-27(26)30)33(17-19-8-12-21(35-5)13-9-19)18-20-10-14-22(36-6)15-11-20/h8-16,24,32H,7,17-18H2,1-6H3. The van der Waals surface area contributed by atoms with Gasteiger partial charge in [-0.1, -0.05) is 58.7 Å². The SMILES string of the molecule is CCC(N[S+]([O-])C(C)(C)C)c1c(Br)cc(N(Cc2ccc(OC)cc2)Cc2ccc(OC)cc2)nc1Cl. The number of rotatable bonds is 11. The minimum Gasteiger partial charge on any atom is -0.598 e. The number of methoxy groups -OCH3 is 2. The molecule has 200 valence electrons. The van der Waals surface area contributed by atoms with Crippen LogP contribution >= 0.6 is 27.5 Å². The first-order valence-corrected chi connectivity index (χ1v) is 14.4. The van der Waals surface area contributed by atoms with Crippen molar-refractivity contribution < 1.29 is 14.0 Å². The molecular weight excluding hydrogens is 574 g/mol. The average molecular weight is 609 g/mol. The summed E-state index contributed by atoms with van der Waals surface area (Å²) < 4.78 is 27.1. The lowest BCUT2D eigenvalue weighted by Crippen LogP contribution is -2.41. The zero-order valence-corrected chi connectivity index (χ0v) is 25.3. The van der Waals surface area contributed by atoms with Crippen LogP contribution < -0.4 is 19.1 Å². The molecule has 0 spiro atoms. The lowest BCUT2D eigenvalue weighted by Gasteiger charge is -2.29. The Morgan fingerprint density at radius 2 is 1.49 bits per heavy atom.